The Balaban J connectivity index is 1.77. The van der Waals surface area contributed by atoms with Crippen molar-refractivity contribution >= 4 is 44.6 Å². The van der Waals surface area contributed by atoms with E-state index in [0.717, 1.165) is 21.8 Å². The molecule has 1 aromatic carbocycles. The van der Waals surface area contributed by atoms with Crippen LogP contribution in [0.2, 0.25) is 5.02 Å². The molecule has 0 aliphatic carbocycles. The van der Waals surface area contributed by atoms with Crippen LogP contribution < -0.4 is 14.8 Å². The molecule has 0 atom stereocenters. The largest absolute Gasteiger partial charge is 0.486 e. The third kappa shape index (κ3) is 2.99. The summed E-state index contributed by atoms with van der Waals surface area (Å²) in [5.74, 6) is 1.45. The summed E-state index contributed by atoms with van der Waals surface area (Å²) in [5, 5.41) is 6.05. The van der Waals surface area contributed by atoms with Gasteiger partial charge in [0.2, 0.25) is 0 Å². The number of ether oxygens (including phenoxy) is 2. The first-order chi connectivity index (χ1) is 9.22. The first-order valence-corrected chi connectivity index (χ1v) is 7.83. The van der Waals surface area contributed by atoms with E-state index < -0.39 is 0 Å². The number of nitrogens with one attached hydrogen (secondary N) is 1. The fourth-order valence-corrected chi connectivity index (χ4v) is 3.26. The smallest absolute Gasteiger partial charge is 0.163 e. The number of hydrogen-bond acceptors (Lipinski definition) is 4. The van der Waals surface area contributed by atoms with Crippen LogP contribution in [0.1, 0.15) is 5.56 Å². The minimum atomic E-state index is 0.568. The number of halogens is 2. The van der Waals surface area contributed by atoms with Gasteiger partial charge in [-0.25, -0.2) is 0 Å². The second-order valence-electron chi connectivity index (χ2n) is 4.09. The number of hydrogen-bond donors (Lipinski definition) is 1. The Bertz CT molecular complexity index is 602. The molecule has 0 fully saturated rings. The molecule has 3 nitrogen and oxygen atoms in total. The maximum atomic E-state index is 6.23. The number of thiophene rings is 1. The molecule has 1 aliphatic heterocycles. The minimum absolute atomic E-state index is 0.568. The standard InChI is InChI=1S/C13H11BrClNO2S/c14-13-3-8(7-19-13)6-16-10-5-12-11(4-9(10)15)17-1-2-18-12/h3-5,7,16H,1-2,6H2. The normalized spacial score (nSPS) is 13.4. The SMILES string of the molecule is Clc1cc2c(cc1NCc1csc(Br)c1)OCCO2. The van der Waals surface area contributed by atoms with E-state index in [9.17, 15) is 0 Å². The van der Waals surface area contributed by atoms with Gasteiger partial charge in [0.05, 0.1) is 14.5 Å². The highest BCUT2D eigenvalue weighted by atomic mass is 79.9. The second-order valence-corrected chi connectivity index (χ2v) is 6.79. The van der Waals surface area contributed by atoms with Crippen molar-refractivity contribution in [2.75, 3.05) is 18.5 Å². The molecule has 0 bridgehead atoms. The Hall–Kier alpha value is -0.910. The molecule has 0 spiro atoms. The minimum Gasteiger partial charge on any atom is -0.486 e. The van der Waals surface area contributed by atoms with Crippen molar-refractivity contribution < 1.29 is 9.47 Å². The number of rotatable bonds is 3. The van der Waals surface area contributed by atoms with Crippen LogP contribution >= 0.6 is 38.9 Å². The number of benzene rings is 1. The Labute approximate surface area is 128 Å². The second kappa shape index (κ2) is 5.61. The quantitative estimate of drug-likeness (QED) is 0.871. The summed E-state index contributed by atoms with van der Waals surface area (Å²) >= 11 is 11.3. The summed E-state index contributed by atoms with van der Waals surface area (Å²) in [6.07, 6.45) is 0. The summed E-state index contributed by atoms with van der Waals surface area (Å²) < 4.78 is 12.2. The van der Waals surface area contributed by atoms with Gasteiger partial charge in [-0.05, 0) is 32.9 Å². The van der Waals surface area contributed by atoms with Crippen molar-refractivity contribution in [3.63, 3.8) is 0 Å². The van der Waals surface area contributed by atoms with E-state index in [1.54, 1.807) is 17.4 Å². The van der Waals surface area contributed by atoms with Gasteiger partial charge in [0.1, 0.15) is 13.2 Å². The maximum Gasteiger partial charge on any atom is 0.163 e. The number of anilines is 1. The van der Waals surface area contributed by atoms with Gasteiger partial charge < -0.3 is 14.8 Å². The van der Waals surface area contributed by atoms with E-state index in [1.807, 2.05) is 6.07 Å². The van der Waals surface area contributed by atoms with E-state index in [0.29, 0.717) is 24.0 Å². The van der Waals surface area contributed by atoms with Gasteiger partial charge in [0.25, 0.3) is 0 Å². The molecule has 0 saturated carbocycles. The van der Waals surface area contributed by atoms with Gasteiger partial charge in [0.15, 0.2) is 11.5 Å². The van der Waals surface area contributed by atoms with Crippen LogP contribution in [0.5, 0.6) is 11.5 Å². The molecule has 3 rings (SSSR count). The fourth-order valence-electron chi connectivity index (χ4n) is 1.84. The molecule has 2 aromatic rings. The van der Waals surface area contributed by atoms with Crippen LogP contribution in [0.15, 0.2) is 27.4 Å². The van der Waals surface area contributed by atoms with Gasteiger partial charge in [-0.1, -0.05) is 11.6 Å². The van der Waals surface area contributed by atoms with Crippen LogP contribution in [0.3, 0.4) is 0 Å². The van der Waals surface area contributed by atoms with E-state index in [1.165, 1.54) is 5.56 Å². The Morgan fingerprint density at radius 1 is 1.21 bits per heavy atom. The van der Waals surface area contributed by atoms with Crippen molar-refractivity contribution in [1.29, 1.82) is 0 Å². The number of fused-ring (bicyclic) bond motifs is 1. The van der Waals surface area contributed by atoms with Crippen molar-refractivity contribution in [2.24, 2.45) is 0 Å². The Morgan fingerprint density at radius 3 is 2.63 bits per heavy atom. The van der Waals surface area contributed by atoms with Gasteiger partial charge in [-0.3, -0.25) is 0 Å². The maximum absolute atomic E-state index is 6.23. The zero-order valence-electron chi connectivity index (χ0n) is 9.91. The molecule has 1 aromatic heterocycles. The summed E-state index contributed by atoms with van der Waals surface area (Å²) in [6, 6.07) is 5.77. The predicted molar refractivity (Wildman–Crippen MR) is 81.8 cm³/mol. The molecule has 2 heterocycles. The third-order valence-corrected chi connectivity index (χ3v) is 4.60. The average Bonchev–Trinajstić information content (AvgIpc) is 2.82. The fraction of sp³-hybridized carbons (Fsp3) is 0.231. The summed E-state index contributed by atoms with van der Waals surface area (Å²) in [5.41, 5.74) is 2.07. The molecule has 0 radical (unpaired) electrons. The Morgan fingerprint density at radius 2 is 1.95 bits per heavy atom. The van der Waals surface area contributed by atoms with Crippen LogP contribution in [-0.4, -0.2) is 13.2 Å². The first kappa shape index (κ1) is 13.1. The highest BCUT2D eigenvalue weighted by Crippen LogP contribution is 2.38. The lowest BCUT2D eigenvalue weighted by atomic mass is 10.2. The lowest BCUT2D eigenvalue weighted by molar-refractivity contribution is 0.171. The van der Waals surface area contributed by atoms with Gasteiger partial charge in [-0.2, -0.15) is 0 Å². The van der Waals surface area contributed by atoms with Gasteiger partial charge >= 0.3 is 0 Å². The molecule has 19 heavy (non-hydrogen) atoms. The van der Waals surface area contributed by atoms with E-state index in [-0.39, 0.29) is 0 Å². The molecule has 0 unspecified atom stereocenters. The van der Waals surface area contributed by atoms with Crippen molar-refractivity contribution in [3.8, 4) is 11.5 Å². The highest BCUT2D eigenvalue weighted by Gasteiger charge is 2.14. The van der Waals surface area contributed by atoms with Crippen LogP contribution in [0.25, 0.3) is 0 Å². The zero-order valence-corrected chi connectivity index (χ0v) is 13.1. The topological polar surface area (TPSA) is 30.5 Å². The van der Waals surface area contributed by atoms with Crippen LogP contribution in [0.4, 0.5) is 5.69 Å². The lowest BCUT2D eigenvalue weighted by Crippen LogP contribution is -2.15. The molecule has 0 saturated heterocycles. The zero-order chi connectivity index (χ0) is 13.2. The molecule has 0 amide bonds. The highest BCUT2D eigenvalue weighted by molar-refractivity contribution is 9.11. The summed E-state index contributed by atoms with van der Waals surface area (Å²) in [6.45, 7) is 1.87. The lowest BCUT2D eigenvalue weighted by Gasteiger charge is -2.20. The molecule has 1 aliphatic rings. The molecule has 6 heteroatoms. The first-order valence-electron chi connectivity index (χ1n) is 5.78. The molecular formula is C13H11BrClNO2S. The monoisotopic (exact) mass is 359 g/mol. The molecular weight excluding hydrogens is 350 g/mol. The average molecular weight is 361 g/mol. The van der Waals surface area contributed by atoms with Crippen LogP contribution in [0, 0.1) is 0 Å². The van der Waals surface area contributed by atoms with Crippen molar-refractivity contribution in [3.05, 3.63) is 38.0 Å². The van der Waals surface area contributed by atoms with Gasteiger partial charge in [-0.15, -0.1) is 11.3 Å². The molecule has 100 valence electrons. The summed E-state index contributed by atoms with van der Waals surface area (Å²) in [7, 11) is 0. The Kier molecular flexibility index (Phi) is 3.86. The van der Waals surface area contributed by atoms with Gasteiger partial charge in [0, 0.05) is 18.7 Å². The summed E-state index contributed by atoms with van der Waals surface area (Å²) in [4.78, 5) is 0. The van der Waals surface area contributed by atoms with Crippen LogP contribution in [-0.2, 0) is 6.54 Å². The predicted octanol–water partition coefficient (Wildman–Crippen LogP) is 4.55. The van der Waals surface area contributed by atoms with E-state index >= 15 is 0 Å². The van der Waals surface area contributed by atoms with E-state index in [4.69, 9.17) is 21.1 Å². The van der Waals surface area contributed by atoms with Crippen molar-refractivity contribution in [2.45, 2.75) is 6.54 Å². The third-order valence-electron chi connectivity index (χ3n) is 2.74. The molecule has 1 N–H and O–H groups in total. The van der Waals surface area contributed by atoms with E-state index in [2.05, 4.69) is 32.7 Å². The van der Waals surface area contributed by atoms with Crippen molar-refractivity contribution in [1.82, 2.24) is 0 Å².